The Bertz CT molecular complexity index is 670. The molecule has 2 aromatic carbocycles. The summed E-state index contributed by atoms with van der Waals surface area (Å²) >= 11 is 3.48. The predicted molar refractivity (Wildman–Crippen MR) is 80.6 cm³/mol. The summed E-state index contributed by atoms with van der Waals surface area (Å²) in [7, 11) is 1.76. The molecule has 3 rings (SSSR count). The lowest BCUT2D eigenvalue weighted by molar-refractivity contribution is 0.351. The van der Waals surface area contributed by atoms with E-state index in [9.17, 15) is 8.78 Å². The van der Waals surface area contributed by atoms with Crippen molar-refractivity contribution in [1.82, 2.24) is 5.32 Å². The van der Waals surface area contributed by atoms with Gasteiger partial charge in [0.25, 0.3) is 0 Å². The van der Waals surface area contributed by atoms with Crippen LogP contribution in [0.25, 0.3) is 0 Å². The minimum Gasteiger partial charge on any atom is -0.493 e. The van der Waals surface area contributed by atoms with Gasteiger partial charge in [-0.1, -0.05) is 15.9 Å². The molecule has 1 atom stereocenters. The highest BCUT2D eigenvalue weighted by Gasteiger charge is 2.24. The van der Waals surface area contributed by atoms with E-state index in [0.717, 1.165) is 33.8 Å². The maximum Gasteiger partial charge on any atom is 0.127 e. The Balaban J connectivity index is 2.12. The smallest absolute Gasteiger partial charge is 0.127 e. The van der Waals surface area contributed by atoms with Gasteiger partial charge in [0.05, 0.1) is 12.6 Å². The zero-order valence-electron chi connectivity index (χ0n) is 11.4. The van der Waals surface area contributed by atoms with Crippen molar-refractivity contribution in [3.63, 3.8) is 0 Å². The number of halogens is 3. The van der Waals surface area contributed by atoms with Crippen molar-refractivity contribution in [3.8, 4) is 5.75 Å². The summed E-state index contributed by atoms with van der Waals surface area (Å²) in [6, 6.07) is 7.16. The Labute approximate surface area is 130 Å². The first kappa shape index (κ1) is 14.5. The van der Waals surface area contributed by atoms with Gasteiger partial charge in [0.1, 0.15) is 17.4 Å². The lowest BCUT2D eigenvalue weighted by Crippen LogP contribution is -2.19. The van der Waals surface area contributed by atoms with Crippen LogP contribution in [0, 0.1) is 11.6 Å². The van der Waals surface area contributed by atoms with Crippen molar-refractivity contribution < 1.29 is 13.5 Å². The molecule has 0 saturated heterocycles. The van der Waals surface area contributed by atoms with Gasteiger partial charge in [0.15, 0.2) is 0 Å². The molecule has 110 valence electrons. The van der Waals surface area contributed by atoms with E-state index in [1.807, 2.05) is 12.1 Å². The average Bonchev–Trinajstić information content (AvgIpc) is 2.86. The third-order valence-electron chi connectivity index (χ3n) is 3.60. The highest BCUT2D eigenvalue weighted by atomic mass is 79.9. The number of benzene rings is 2. The molecule has 1 heterocycles. The summed E-state index contributed by atoms with van der Waals surface area (Å²) < 4.78 is 33.6. The highest BCUT2D eigenvalue weighted by Crippen LogP contribution is 2.38. The fraction of sp³-hybridized carbons (Fsp3) is 0.250. The molecule has 0 radical (unpaired) electrons. The summed E-state index contributed by atoms with van der Waals surface area (Å²) in [5.41, 5.74) is 2.52. The molecule has 1 aliphatic rings. The predicted octanol–water partition coefficient (Wildman–Crippen LogP) is 3.97. The topological polar surface area (TPSA) is 21.3 Å². The van der Waals surface area contributed by atoms with Crippen LogP contribution < -0.4 is 10.1 Å². The maximum absolute atomic E-state index is 13.5. The van der Waals surface area contributed by atoms with Crippen molar-refractivity contribution in [2.24, 2.45) is 0 Å². The normalized spacial score (nSPS) is 14.7. The van der Waals surface area contributed by atoms with Crippen molar-refractivity contribution in [2.45, 2.75) is 12.5 Å². The molecule has 0 saturated carbocycles. The van der Waals surface area contributed by atoms with E-state index in [0.29, 0.717) is 12.2 Å². The summed E-state index contributed by atoms with van der Waals surface area (Å²) in [6.45, 7) is 0.632. The molecule has 0 amide bonds. The molecule has 5 heteroatoms. The molecule has 0 spiro atoms. The Kier molecular flexibility index (Phi) is 3.95. The van der Waals surface area contributed by atoms with E-state index in [4.69, 9.17) is 4.74 Å². The lowest BCUT2D eigenvalue weighted by Gasteiger charge is -2.20. The second-order valence-corrected chi connectivity index (χ2v) is 5.92. The quantitative estimate of drug-likeness (QED) is 0.901. The van der Waals surface area contributed by atoms with E-state index in [1.54, 1.807) is 7.05 Å². The summed E-state index contributed by atoms with van der Waals surface area (Å²) in [6.07, 6.45) is 0.843. The third kappa shape index (κ3) is 2.80. The van der Waals surface area contributed by atoms with Crippen LogP contribution >= 0.6 is 15.9 Å². The minimum atomic E-state index is -0.585. The van der Waals surface area contributed by atoms with Gasteiger partial charge in [-0.3, -0.25) is 0 Å². The number of rotatable bonds is 3. The molecule has 2 aromatic rings. The molecule has 21 heavy (non-hydrogen) atoms. The summed E-state index contributed by atoms with van der Waals surface area (Å²) in [5.74, 6) is -0.363. The van der Waals surface area contributed by atoms with Crippen LogP contribution in [0.3, 0.4) is 0 Å². The van der Waals surface area contributed by atoms with Crippen molar-refractivity contribution in [2.75, 3.05) is 13.7 Å². The van der Waals surface area contributed by atoms with E-state index in [1.165, 1.54) is 12.1 Å². The number of fused-ring (bicyclic) bond motifs is 1. The Morgan fingerprint density at radius 2 is 1.86 bits per heavy atom. The van der Waals surface area contributed by atoms with Crippen LogP contribution in [0.5, 0.6) is 5.75 Å². The van der Waals surface area contributed by atoms with Gasteiger partial charge in [-0.2, -0.15) is 0 Å². The molecule has 0 fully saturated rings. The second kappa shape index (κ2) is 5.73. The van der Waals surface area contributed by atoms with Gasteiger partial charge < -0.3 is 10.1 Å². The zero-order chi connectivity index (χ0) is 15.0. The van der Waals surface area contributed by atoms with Crippen LogP contribution in [0.1, 0.15) is 22.7 Å². The van der Waals surface area contributed by atoms with Crippen LogP contribution in [0.2, 0.25) is 0 Å². The molecule has 0 aliphatic carbocycles. The number of hydrogen-bond donors (Lipinski definition) is 1. The molecule has 2 nitrogen and oxygen atoms in total. The van der Waals surface area contributed by atoms with E-state index < -0.39 is 11.6 Å². The fourth-order valence-corrected chi connectivity index (χ4v) is 3.28. The van der Waals surface area contributed by atoms with Gasteiger partial charge in [-0.25, -0.2) is 8.78 Å². The SMILES string of the molecule is CNC(c1cc(F)cc(F)c1)c1cc(Br)cc2c1OCC2. The lowest BCUT2D eigenvalue weighted by atomic mass is 9.96. The fourth-order valence-electron chi connectivity index (χ4n) is 2.76. The summed E-state index contributed by atoms with van der Waals surface area (Å²) in [5, 5.41) is 3.11. The van der Waals surface area contributed by atoms with Gasteiger partial charge in [0.2, 0.25) is 0 Å². The Hall–Kier alpha value is -1.46. The monoisotopic (exact) mass is 353 g/mol. The van der Waals surface area contributed by atoms with Gasteiger partial charge >= 0.3 is 0 Å². The van der Waals surface area contributed by atoms with E-state index in [-0.39, 0.29) is 6.04 Å². The summed E-state index contributed by atoms with van der Waals surface area (Å²) in [4.78, 5) is 0. The molecular weight excluding hydrogens is 340 g/mol. The first-order valence-corrected chi connectivity index (χ1v) is 7.46. The van der Waals surface area contributed by atoms with Crippen LogP contribution in [0.4, 0.5) is 8.78 Å². The van der Waals surface area contributed by atoms with Gasteiger partial charge in [-0.15, -0.1) is 0 Å². The Morgan fingerprint density at radius 3 is 2.52 bits per heavy atom. The number of ether oxygens (including phenoxy) is 1. The van der Waals surface area contributed by atoms with Gasteiger partial charge in [0, 0.05) is 22.5 Å². The third-order valence-corrected chi connectivity index (χ3v) is 4.05. The highest BCUT2D eigenvalue weighted by molar-refractivity contribution is 9.10. The molecule has 1 N–H and O–H groups in total. The first-order valence-electron chi connectivity index (χ1n) is 6.67. The van der Waals surface area contributed by atoms with Crippen molar-refractivity contribution >= 4 is 15.9 Å². The maximum atomic E-state index is 13.5. The van der Waals surface area contributed by atoms with E-state index in [2.05, 4.69) is 21.2 Å². The second-order valence-electron chi connectivity index (χ2n) is 5.01. The van der Waals surface area contributed by atoms with Crippen LogP contribution in [-0.2, 0) is 6.42 Å². The van der Waals surface area contributed by atoms with E-state index >= 15 is 0 Å². The standard InChI is InChI=1S/C16H14BrF2NO/c1-20-15(10-5-12(18)8-13(19)6-10)14-7-11(17)4-9-2-3-21-16(9)14/h4-8,15,20H,2-3H2,1H3. The Morgan fingerprint density at radius 1 is 1.14 bits per heavy atom. The molecule has 1 unspecified atom stereocenters. The average molecular weight is 354 g/mol. The van der Waals surface area contributed by atoms with Crippen LogP contribution in [0.15, 0.2) is 34.8 Å². The zero-order valence-corrected chi connectivity index (χ0v) is 13.0. The van der Waals surface area contributed by atoms with Crippen molar-refractivity contribution in [1.29, 1.82) is 0 Å². The molecular formula is C16H14BrF2NO. The molecule has 1 aliphatic heterocycles. The molecule has 0 aromatic heterocycles. The van der Waals surface area contributed by atoms with Crippen LogP contribution in [-0.4, -0.2) is 13.7 Å². The number of nitrogens with one attached hydrogen (secondary N) is 1. The minimum absolute atomic E-state index is 0.334. The largest absolute Gasteiger partial charge is 0.493 e. The van der Waals surface area contributed by atoms with Crippen molar-refractivity contribution in [3.05, 3.63) is 63.1 Å². The first-order chi connectivity index (χ1) is 10.1. The molecule has 0 bridgehead atoms. The van der Waals surface area contributed by atoms with Gasteiger partial charge in [-0.05, 0) is 42.4 Å². The number of hydrogen-bond acceptors (Lipinski definition) is 2.